The first-order valence-electron chi connectivity index (χ1n) is 14.4. The maximum absolute atomic E-state index is 16.0. The van der Waals surface area contributed by atoms with Gasteiger partial charge in [-0.25, -0.2) is 21.5 Å². The molecule has 1 aliphatic carbocycles. The van der Waals surface area contributed by atoms with E-state index in [2.05, 4.69) is 20.4 Å². The number of anilines is 1. The van der Waals surface area contributed by atoms with E-state index in [0.29, 0.717) is 52.2 Å². The first kappa shape index (κ1) is 34.2. The second kappa shape index (κ2) is 14.5. The molecule has 0 radical (unpaired) electrons. The monoisotopic (exact) mass is 743 g/mol. The van der Waals surface area contributed by atoms with Crippen LogP contribution in [0.25, 0.3) is 22.3 Å². The van der Waals surface area contributed by atoms with Gasteiger partial charge in [-0.2, -0.15) is 10.2 Å². The average molecular weight is 745 g/mol. The van der Waals surface area contributed by atoms with Gasteiger partial charge in [0.15, 0.2) is 0 Å². The third kappa shape index (κ3) is 7.22. The third-order valence-electron chi connectivity index (χ3n) is 7.57. The number of allylic oxidation sites excluding steroid dienone is 2. The van der Waals surface area contributed by atoms with Crippen molar-refractivity contribution >= 4 is 49.7 Å². The Bertz CT molecular complexity index is 2190. The first-order chi connectivity index (χ1) is 23.6. The van der Waals surface area contributed by atoms with Crippen molar-refractivity contribution in [3.63, 3.8) is 0 Å². The molecule has 3 aromatic carbocycles. The molecule has 0 fully saturated rings. The molecule has 0 unspecified atom stereocenters. The molecular formula is C33H25Cl2F2N5O5S2. The summed E-state index contributed by atoms with van der Waals surface area (Å²) in [5.41, 5.74) is 4.01. The molecule has 6 rings (SSSR count). The summed E-state index contributed by atoms with van der Waals surface area (Å²) >= 11 is 14.2. The van der Waals surface area contributed by atoms with Gasteiger partial charge in [-0.1, -0.05) is 46.7 Å². The smallest absolute Gasteiger partial charge is 0.269 e. The molecule has 16 heteroatoms. The Labute approximate surface area is 294 Å². The van der Waals surface area contributed by atoms with E-state index in [1.807, 2.05) is 0 Å². The summed E-state index contributed by atoms with van der Waals surface area (Å²) in [6.07, 6.45) is 5.57. The van der Waals surface area contributed by atoms with Crippen molar-refractivity contribution in [3.05, 3.63) is 117 Å². The minimum absolute atomic E-state index is 0.0175. The number of hydrogen-bond donors (Lipinski definition) is 0. The zero-order chi connectivity index (χ0) is 34.7. The van der Waals surface area contributed by atoms with Crippen molar-refractivity contribution in [2.75, 3.05) is 25.1 Å². The fourth-order valence-corrected chi connectivity index (χ4v) is 7.95. The Balaban J connectivity index is 1.39. The van der Waals surface area contributed by atoms with Gasteiger partial charge in [0.2, 0.25) is 5.13 Å². The maximum atomic E-state index is 16.0. The van der Waals surface area contributed by atoms with E-state index < -0.39 is 26.6 Å². The van der Waals surface area contributed by atoms with E-state index in [0.717, 1.165) is 27.8 Å². The molecule has 0 atom stereocenters. The van der Waals surface area contributed by atoms with E-state index in [1.54, 1.807) is 30.3 Å². The highest BCUT2D eigenvalue weighted by molar-refractivity contribution is 7.93. The lowest BCUT2D eigenvalue weighted by Crippen LogP contribution is -2.34. The Morgan fingerprint density at radius 2 is 1.73 bits per heavy atom. The van der Waals surface area contributed by atoms with Crippen LogP contribution < -0.4 is 9.04 Å². The highest BCUT2D eigenvalue weighted by Crippen LogP contribution is 2.43. The van der Waals surface area contributed by atoms with E-state index in [4.69, 9.17) is 37.4 Å². The van der Waals surface area contributed by atoms with Crippen molar-refractivity contribution in [1.29, 1.82) is 0 Å². The highest BCUT2D eigenvalue weighted by Gasteiger charge is 2.33. The lowest BCUT2D eigenvalue weighted by atomic mass is 9.99. The largest absolute Gasteiger partial charge is 0.501 e. The topological polar surface area (TPSA) is 117 Å². The quantitative estimate of drug-likeness (QED) is 0.131. The van der Waals surface area contributed by atoms with Crippen LogP contribution in [0, 0.1) is 11.6 Å². The molecule has 252 valence electrons. The molecule has 2 heterocycles. The number of nitrogens with zero attached hydrogens (tertiary/aromatic N) is 5. The molecule has 49 heavy (non-hydrogen) atoms. The molecule has 0 N–H and O–H groups in total. The lowest BCUT2D eigenvalue weighted by molar-refractivity contribution is 0.254. The van der Waals surface area contributed by atoms with Gasteiger partial charge in [0.05, 0.1) is 49.0 Å². The summed E-state index contributed by atoms with van der Waals surface area (Å²) in [4.78, 5) is -0.707. The van der Waals surface area contributed by atoms with Crippen LogP contribution >= 0.6 is 34.5 Å². The molecule has 0 aliphatic heterocycles. The number of halogens is 4. The molecule has 0 spiro atoms. The Morgan fingerprint density at radius 1 is 0.898 bits per heavy atom. The van der Waals surface area contributed by atoms with E-state index in [9.17, 15) is 12.8 Å². The van der Waals surface area contributed by atoms with Crippen LogP contribution in [0.3, 0.4) is 0 Å². The van der Waals surface area contributed by atoms with Crippen LogP contribution in [0.5, 0.6) is 11.5 Å². The highest BCUT2D eigenvalue weighted by atomic mass is 35.5. The molecule has 0 saturated heterocycles. The summed E-state index contributed by atoms with van der Waals surface area (Å²) in [7, 11) is -1.60. The molecule has 0 amide bonds. The summed E-state index contributed by atoms with van der Waals surface area (Å²) in [5.74, 6) is -0.521. The minimum atomic E-state index is -4.60. The summed E-state index contributed by atoms with van der Waals surface area (Å²) in [5, 5.41) is 15.5. The molecule has 0 bridgehead atoms. The van der Waals surface area contributed by atoms with E-state index >= 15 is 4.39 Å². The summed E-state index contributed by atoms with van der Waals surface area (Å²) in [6, 6.07) is 12.6. The van der Waals surface area contributed by atoms with Crippen LogP contribution in [-0.2, 0) is 19.5 Å². The van der Waals surface area contributed by atoms with Crippen LogP contribution in [0.2, 0.25) is 10.0 Å². The molecule has 0 saturated carbocycles. The molecule has 2 aromatic heterocycles. The number of ether oxygens (including phenoxy) is 3. The number of benzene rings is 3. The number of rotatable bonds is 11. The van der Waals surface area contributed by atoms with Crippen LogP contribution in [0.1, 0.15) is 12.8 Å². The van der Waals surface area contributed by atoms with Crippen molar-refractivity contribution < 1.29 is 31.4 Å². The normalized spacial score (nSPS) is 13.2. The maximum Gasteiger partial charge on any atom is 0.269 e. The van der Waals surface area contributed by atoms with Crippen LogP contribution in [-0.4, -0.2) is 49.6 Å². The Morgan fingerprint density at radius 3 is 2.43 bits per heavy atom. The van der Waals surface area contributed by atoms with Crippen molar-refractivity contribution in [1.82, 2.24) is 20.4 Å². The SMILES string of the molecule is COC1=CC(OC)=C(CN(c2nncs2)S(=O)(=O)c2cc(Cl)c(Oc3cc(Cl)c(-c4cccc(F)c4)cc3-c3ccnnc3)cc2F)CC1. The number of hydrogen-bond acceptors (Lipinski definition) is 10. The van der Waals surface area contributed by atoms with Gasteiger partial charge in [0.1, 0.15) is 39.3 Å². The predicted octanol–water partition coefficient (Wildman–Crippen LogP) is 8.46. The molecular weight excluding hydrogens is 719 g/mol. The van der Waals surface area contributed by atoms with Crippen LogP contribution in [0.15, 0.2) is 101 Å². The Hall–Kier alpha value is -4.63. The number of methoxy groups -OCH3 is 2. The van der Waals surface area contributed by atoms with Gasteiger partial charge < -0.3 is 14.2 Å². The van der Waals surface area contributed by atoms with Crippen molar-refractivity contribution in [3.8, 4) is 33.8 Å². The average Bonchev–Trinajstić information content (AvgIpc) is 3.63. The molecule has 1 aliphatic rings. The fraction of sp³-hybridized carbons (Fsp3) is 0.152. The van der Waals surface area contributed by atoms with Gasteiger partial charge in [0.25, 0.3) is 10.0 Å². The second-order valence-electron chi connectivity index (χ2n) is 10.5. The van der Waals surface area contributed by atoms with E-state index in [1.165, 1.54) is 50.3 Å². The van der Waals surface area contributed by atoms with Gasteiger partial charge >= 0.3 is 0 Å². The molecule has 5 aromatic rings. The zero-order valence-corrected chi connectivity index (χ0v) is 28.9. The Kier molecular flexibility index (Phi) is 10.1. The van der Waals surface area contributed by atoms with Crippen LogP contribution in [0.4, 0.5) is 13.9 Å². The summed E-state index contributed by atoms with van der Waals surface area (Å²) < 4.78 is 76.1. The zero-order valence-electron chi connectivity index (χ0n) is 25.7. The number of aromatic nitrogens is 4. The lowest BCUT2D eigenvalue weighted by Gasteiger charge is -2.26. The minimum Gasteiger partial charge on any atom is -0.501 e. The first-order valence-corrected chi connectivity index (χ1v) is 17.5. The number of sulfonamides is 1. The van der Waals surface area contributed by atoms with Crippen molar-refractivity contribution in [2.45, 2.75) is 17.7 Å². The third-order valence-corrected chi connectivity index (χ3v) is 10.8. The van der Waals surface area contributed by atoms with Gasteiger partial charge in [-0.05, 0) is 47.9 Å². The van der Waals surface area contributed by atoms with E-state index in [-0.39, 0.29) is 33.2 Å². The standard InChI is InChI=1S/C33H25Cl2F2N5O5S2/c1-45-23-7-6-21(29(11-23)46-2)17-42(33-41-40-18-48-33)49(43,44)32-14-27(35)31(15-28(32)37)47-30-13-26(34)24(19-4-3-5-22(36)10-19)12-25(30)20-8-9-38-39-16-20/h3-5,8-16,18H,6-7,17H2,1-2H3. The van der Waals surface area contributed by atoms with Gasteiger partial charge in [-0.3, -0.25) is 0 Å². The predicted molar refractivity (Wildman–Crippen MR) is 182 cm³/mol. The van der Waals surface area contributed by atoms with Gasteiger partial charge in [0, 0.05) is 41.3 Å². The van der Waals surface area contributed by atoms with Gasteiger partial charge in [-0.15, -0.1) is 10.2 Å². The fourth-order valence-electron chi connectivity index (χ4n) is 5.16. The molecule has 10 nitrogen and oxygen atoms in total. The second-order valence-corrected chi connectivity index (χ2v) is 14.0. The van der Waals surface area contributed by atoms with Crippen molar-refractivity contribution in [2.24, 2.45) is 0 Å². The summed E-state index contributed by atoms with van der Waals surface area (Å²) in [6.45, 7) is -0.191.